The van der Waals surface area contributed by atoms with Crippen LogP contribution in [0.25, 0.3) is 10.4 Å². The fraction of sp³-hybridized carbons (Fsp3) is 0.167. The molecule has 5 heteroatoms. The van der Waals surface area contributed by atoms with E-state index in [4.69, 9.17) is 5.73 Å². The summed E-state index contributed by atoms with van der Waals surface area (Å²) in [5.74, 6) is 0. The van der Waals surface area contributed by atoms with E-state index in [9.17, 15) is 10.1 Å². The van der Waals surface area contributed by atoms with Crippen molar-refractivity contribution >= 4 is 17.0 Å². The van der Waals surface area contributed by atoms with Gasteiger partial charge in [0.1, 0.15) is 0 Å². The first-order valence-corrected chi connectivity index (χ1v) is 6.06. The molecule has 4 nitrogen and oxygen atoms in total. The van der Waals surface area contributed by atoms with Gasteiger partial charge in [-0.2, -0.15) is 0 Å². The van der Waals surface area contributed by atoms with E-state index >= 15 is 0 Å². The summed E-state index contributed by atoms with van der Waals surface area (Å²) in [5, 5.41) is 10.5. The van der Waals surface area contributed by atoms with Gasteiger partial charge in [-0.3, -0.25) is 10.1 Å². The van der Waals surface area contributed by atoms with E-state index in [2.05, 4.69) is 0 Å². The lowest BCUT2D eigenvalue weighted by atomic mass is 10.2. The lowest BCUT2D eigenvalue weighted by molar-refractivity contribution is -0.384. The van der Waals surface area contributed by atoms with Crippen molar-refractivity contribution in [2.45, 2.75) is 6.42 Å². The van der Waals surface area contributed by atoms with Crippen LogP contribution in [0.2, 0.25) is 0 Å². The van der Waals surface area contributed by atoms with Crippen LogP contribution in [0, 0.1) is 10.1 Å². The summed E-state index contributed by atoms with van der Waals surface area (Å²) in [6.45, 7) is 0.639. The summed E-state index contributed by atoms with van der Waals surface area (Å²) < 4.78 is 0. The minimum atomic E-state index is -0.391. The summed E-state index contributed by atoms with van der Waals surface area (Å²) in [6.07, 6.45) is 0.873. The molecule has 2 aromatic rings. The molecule has 0 saturated carbocycles. The molecule has 0 fully saturated rings. The molecule has 88 valence electrons. The van der Waals surface area contributed by atoms with Gasteiger partial charge in [0.2, 0.25) is 0 Å². The second kappa shape index (κ2) is 5.07. The zero-order valence-electron chi connectivity index (χ0n) is 9.13. The average molecular weight is 248 g/mol. The molecule has 17 heavy (non-hydrogen) atoms. The monoisotopic (exact) mass is 248 g/mol. The summed E-state index contributed by atoms with van der Waals surface area (Å²) in [6, 6.07) is 10.7. The van der Waals surface area contributed by atoms with E-state index in [1.807, 2.05) is 12.1 Å². The van der Waals surface area contributed by atoms with E-state index in [0.29, 0.717) is 6.54 Å². The first kappa shape index (κ1) is 11.8. The maximum atomic E-state index is 10.5. The molecule has 2 rings (SSSR count). The third kappa shape index (κ3) is 2.69. The van der Waals surface area contributed by atoms with Crippen LogP contribution >= 0.6 is 11.3 Å². The normalized spacial score (nSPS) is 10.4. The molecule has 1 heterocycles. The van der Waals surface area contributed by atoms with Crippen LogP contribution < -0.4 is 5.73 Å². The Morgan fingerprint density at radius 2 is 1.88 bits per heavy atom. The van der Waals surface area contributed by atoms with E-state index in [1.165, 1.54) is 17.0 Å². The standard InChI is InChI=1S/C12H12N2O2S/c13-8-7-11-5-6-12(17-11)9-1-3-10(4-2-9)14(15)16/h1-6H,7-8,13H2. The molecule has 0 atom stereocenters. The molecule has 0 unspecified atom stereocenters. The molecule has 1 aromatic heterocycles. The third-order valence-corrected chi connectivity index (χ3v) is 3.61. The fourth-order valence-corrected chi connectivity index (χ4v) is 2.59. The van der Waals surface area contributed by atoms with Crippen LogP contribution in [0.4, 0.5) is 5.69 Å². The maximum Gasteiger partial charge on any atom is 0.269 e. The van der Waals surface area contributed by atoms with Gasteiger partial charge in [-0.05, 0) is 42.8 Å². The van der Waals surface area contributed by atoms with Gasteiger partial charge < -0.3 is 5.73 Å². The van der Waals surface area contributed by atoms with Crippen LogP contribution in [-0.2, 0) is 6.42 Å². The van der Waals surface area contributed by atoms with Crippen molar-refractivity contribution < 1.29 is 4.92 Å². The van der Waals surface area contributed by atoms with Gasteiger partial charge >= 0.3 is 0 Å². The Labute approximate surface area is 103 Å². The summed E-state index contributed by atoms with van der Waals surface area (Å²) in [4.78, 5) is 12.5. The number of hydrogen-bond acceptors (Lipinski definition) is 4. The molecule has 0 saturated heterocycles. The van der Waals surface area contributed by atoms with Gasteiger partial charge in [0.05, 0.1) is 4.92 Å². The molecule has 1 aromatic carbocycles. The summed E-state index contributed by atoms with van der Waals surface area (Å²) >= 11 is 1.67. The number of nitrogens with two attached hydrogens (primary N) is 1. The molecule has 0 bridgehead atoms. The lowest BCUT2D eigenvalue weighted by Crippen LogP contribution is -2.00. The van der Waals surface area contributed by atoms with Gasteiger partial charge in [0.15, 0.2) is 0 Å². The van der Waals surface area contributed by atoms with Crippen molar-refractivity contribution in [3.63, 3.8) is 0 Å². The Kier molecular flexibility index (Phi) is 3.51. The van der Waals surface area contributed by atoms with Crippen molar-refractivity contribution in [2.75, 3.05) is 6.54 Å². The molecule has 0 spiro atoms. The number of nitrogens with zero attached hydrogens (tertiary/aromatic N) is 1. The Morgan fingerprint density at radius 1 is 1.18 bits per heavy atom. The Bertz CT molecular complexity index is 520. The highest BCUT2D eigenvalue weighted by molar-refractivity contribution is 7.15. The van der Waals surface area contributed by atoms with Gasteiger partial charge in [-0.25, -0.2) is 0 Å². The number of rotatable bonds is 4. The number of benzene rings is 1. The second-order valence-electron chi connectivity index (χ2n) is 3.61. The number of nitro benzene ring substituents is 1. The predicted octanol–water partition coefficient (Wildman–Crippen LogP) is 2.82. The first-order valence-electron chi connectivity index (χ1n) is 5.24. The van der Waals surface area contributed by atoms with Crippen LogP contribution in [0.3, 0.4) is 0 Å². The van der Waals surface area contributed by atoms with E-state index in [0.717, 1.165) is 16.9 Å². The highest BCUT2D eigenvalue weighted by atomic mass is 32.1. The van der Waals surface area contributed by atoms with Crippen molar-refractivity contribution in [1.82, 2.24) is 0 Å². The molecular weight excluding hydrogens is 236 g/mol. The van der Waals surface area contributed by atoms with Gasteiger partial charge in [-0.1, -0.05) is 0 Å². The molecule has 0 amide bonds. The zero-order chi connectivity index (χ0) is 12.3. The van der Waals surface area contributed by atoms with Gasteiger partial charge in [0, 0.05) is 21.9 Å². The quantitative estimate of drug-likeness (QED) is 0.668. The van der Waals surface area contributed by atoms with E-state index < -0.39 is 4.92 Å². The number of thiophene rings is 1. The van der Waals surface area contributed by atoms with Crippen LogP contribution in [0.5, 0.6) is 0 Å². The number of nitro groups is 1. The van der Waals surface area contributed by atoms with Crippen molar-refractivity contribution in [3.8, 4) is 10.4 Å². The summed E-state index contributed by atoms with van der Waals surface area (Å²) in [5.41, 5.74) is 6.61. The highest BCUT2D eigenvalue weighted by Crippen LogP contribution is 2.29. The number of non-ortho nitro benzene ring substituents is 1. The Balaban J connectivity index is 2.23. The van der Waals surface area contributed by atoms with Gasteiger partial charge in [0.25, 0.3) is 5.69 Å². The molecule has 0 aliphatic carbocycles. The Hall–Kier alpha value is -1.72. The van der Waals surface area contributed by atoms with Crippen LogP contribution in [0.1, 0.15) is 4.88 Å². The zero-order valence-corrected chi connectivity index (χ0v) is 9.94. The molecule has 2 N–H and O–H groups in total. The smallest absolute Gasteiger partial charge is 0.269 e. The van der Waals surface area contributed by atoms with Crippen LogP contribution in [-0.4, -0.2) is 11.5 Å². The van der Waals surface area contributed by atoms with Crippen molar-refractivity contribution in [3.05, 3.63) is 51.4 Å². The lowest BCUT2D eigenvalue weighted by Gasteiger charge is -1.96. The molecule has 0 aliphatic rings. The average Bonchev–Trinajstić information content (AvgIpc) is 2.78. The van der Waals surface area contributed by atoms with Crippen LogP contribution in [0.15, 0.2) is 36.4 Å². The SMILES string of the molecule is NCCc1ccc(-c2ccc([N+](=O)[O-])cc2)s1. The van der Waals surface area contributed by atoms with Gasteiger partial charge in [-0.15, -0.1) is 11.3 Å². The maximum absolute atomic E-state index is 10.5. The molecular formula is C12H12N2O2S. The summed E-state index contributed by atoms with van der Waals surface area (Å²) in [7, 11) is 0. The third-order valence-electron chi connectivity index (χ3n) is 2.42. The van der Waals surface area contributed by atoms with Crippen molar-refractivity contribution in [2.24, 2.45) is 5.73 Å². The van der Waals surface area contributed by atoms with E-state index in [1.54, 1.807) is 23.5 Å². The fourth-order valence-electron chi connectivity index (χ4n) is 1.56. The predicted molar refractivity (Wildman–Crippen MR) is 69.2 cm³/mol. The topological polar surface area (TPSA) is 69.2 Å². The highest BCUT2D eigenvalue weighted by Gasteiger charge is 2.06. The Morgan fingerprint density at radius 3 is 2.47 bits per heavy atom. The minimum Gasteiger partial charge on any atom is -0.330 e. The van der Waals surface area contributed by atoms with Crippen molar-refractivity contribution in [1.29, 1.82) is 0 Å². The largest absolute Gasteiger partial charge is 0.330 e. The molecule has 0 radical (unpaired) electrons. The molecule has 0 aliphatic heterocycles. The minimum absolute atomic E-state index is 0.118. The number of hydrogen-bond donors (Lipinski definition) is 1. The first-order chi connectivity index (χ1) is 8.20. The van der Waals surface area contributed by atoms with E-state index in [-0.39, 0.29) is 5.69 Å². The second-order valence-corrected chi connectivity index (χ2v) is 4.78.